The maximum atomic E-state index is 13.9. The smallest absolute Gasteiger partial charge is 0.248 e. The summed E-state index contributed by atoms with van der Waals surface area (Å²) in [5.74, 6) is -1.08. The van der Waals surface area contributed by atoms with E-state index in [1.54, 1.807) is 6.07 Å². The molecule has 0 aliphatic carbocycles. The fraction of sp³-hybridized carbons (Fsp3) is 0.188. The number of para-hydroxylation sites is 2. The molecule has 0 radical (unpaired) electrons. The van der Waals surface area contributed by atoms with Crippen LogP contribution in [0.25, 0.3) is 0 Å². The normalized spacial score (nSPS) is 10.2. The minimum absolute atomic E-state index is 0.171. The maximum absolute atomic E-state index is 13.9. The van der Waals surface area contributed by atoms with Crippen LogP contribution in [0, 0.1) is 5.82 Å². The summed E-state index contributed by atoms with van der Waals surface area (Å²) in [4.78, 5) is 13.0. The van der Waals surface area contributed by atoms with Gasteiger partial charge in [0.2, 0.25) is 5.91 Å². The molecule has 0 heterocycles. The summed E-state index contributed by atoms with van der Waals surface area (Å²) in [6, 6.07) is 12.0. The quantitative estimate of drug-likeness (QED) is 0.888. The summed E-state index contributed by atoms with van der Waals surface area (Å²) in [7, 11) is 3.89. The second-order valence-corrected chi connectivity index (χ2v) is 4.94. The first-order valence-corrected chi connectivity index (χ1v) is 6.57. The highest BCUT2D eigenvalue weighted by atomic mass is 19.1. The van der Waals surface area contributed by atoms with Crippen molar-refractivity contribution in [2.45, 2.75) is 6.54 Å². The lowest BCUT2D eigenvalue weighted by Gasteiger charge is -2.18. The number of nitrogens with two attached hydrogens (primary N) is 1. The van der Waals surface area contributed by atoms with Crippen LogP contribution >= 0.6 is 0 Å². The van der Waals surface area contributed by atoms with Crippen LogP contribution in [0.3, 0.4) is 0 Å². The average molecular weight is 287 g/mol. The molecule has 110 valence electrons. The molecule has 0 aliphatic heterocycles. The third kappa shape index (κ3) is 3.51. The molecule has 0 aliphatic rings. The van der Waals surface area contributed by atoms with Crippen LogP contribution in [-0.2, 0) is 6.54 Å². The van der Waals surface area contributed by atoms with E-state index in [-0.39, 0.29) is 5.56 Å². The number of carbonyl (C=O) groups excluding carboxylic acids is 1. The highest BCUT2D eigenvalue weighted by molar-refractivity contribution is 5.92. The number of benzene rings is 2. The molecule has 0 saturated carbocycles. The van der Waals surface area contributed by atoms with Gasteiger partial charge in [-0.2, -0.15) is 0 Å². The fourth-order valence-corrected chi connectivity index (χ4v) is 2.05. The minimum atomic E-state index is -0.633. The zero-order valence-corrected chi connectivity index (χ0v) is 12.1. The lowest BCUT2D eigenvalue weighted by Crippen LogP contribution is -2.13. The van der Waals surface area contributed by atoms with E-state index in [4.69, 9.17) is 5.73 Å². The summed E-state index contributed by atoms with van der Waals surface area (Å²) in [5.41, 5.74) is 7.71. The van der Waals surface area contributed by atoms with Crippen LogP contribution in [0.5, 0.6) is 0 Å². The first kappa shape index (κ1) is 14.8. The fourth-order valence-electron chi connectivity index (χ4n) is 2.05. The molecule has 0 atom stereocenters. The Hall–Kier alpha value is -2.56. The van der Waals surface area contributed by atoms with Gasteiger partial charge in [0.1, 0.15) is 5.82 Å². The predicted molar refractivity (Wildman–Crippen MR) is 83.0 cm³/mol. The lowest BCUT2D eigenvalue weighted by molar-refractivity contribution is 0.1000. The van der Waals surface area contributed by atoms with Gasteiger partial charge < -0.3 is 16.0 Å². The van der Waals surface area contributed by atoms with Crippen LogP contribution < -0.4 is 16.0 Å². The standard InChI is InChI=1S/C16H18FN3O/c1-20(2)15-6-4-3-5-14(15)19-10-12-8-7-11(16(18)21)9-13(12)17/h3-9,19H,10H2,1-2H3,(H2,18,21). The Kier molecular flexibility index (Phi) is 4.42. The van der Waals surface area contributed by atoms with Crippen molar-refractivity contribution < 1.29 is 9.18 Å². The van der Waals surface area contributed by atoms with Gasteiger partial charge in [-0.15, -0.1) is 0 Å². The first-order chi connectivity index (χ1) is 9.99. The highest BCUT2D eigenvalue weighted by Gasteiger charge is 2.08. The van der Waals surface area contributed by atoms with E-state index in [2.05, 4.69) is 5.32 Å². The molecule has 0 bridgehead atoms. The van der Waals surface area contributed by atoms with Crippen molar-refractivity contribution in [1.82, 2.24) is 0 Å². The molecule has 21 heavy (non-hydrogen) atoms. The summed E-state index contributed by atoms with van der Waals surface area (Å²) in [6.07, 6.45) is 0. The second kappa shape index (κ2) is 6.26. The van der Waals surface area contributed by atoms with Gasteiger partial charge in [-0.1, -0.05) is 18.2 Å². The molecular weight excluding hydrogens is 269 g/mol. The van der Waals surface area contributed by atoms with Gasteiger partial charge in [-0.3, -0.25) is 4.79 Å². The number of rotatable bonds is 5. The summed E-state index contributed by atoms with van der Waals surface area (Å²) >= 11 is 0. The first-order valence-electron chi connectivity index (χ1n) is 6.57. The van der Waals surface area contributed by atoms with Gasteiger partial charge in [0.15, 0.2) is 0 Å². The van der Waals surface area contributed by atoms with Crippen LogP contribution in [0.1, 0.15) is 15.9 Å². The Morgan fingerprint density at radius 3 is 2.57 bits per heavy atom. The van der Waals surface area contributed by atoms with E-state index in [1.165, 1.54) is 6.07 Å². The van der Waals surface area contributed by atoms with Crippen molar-refractivity contribution in [2.75, 3.05) is 24.3 Å². The van der Waals surface area contributed by atoms with Crippen molar-refractivity contribution >= 4 is 17.3 Å². The third-order valence-electron chi connectivity index (χ3n) is 3.19. The number of nitrogens with one attached hydrogen (secondary N) is 1. The van der Waals surface area contributed by atoms with Gasteiger partial charge in [-0.25, -0.2) is 4.39 Å². The van der Waals surface area contributed by atoms with Crippen LogP contribution in [-0.4, -0.2) is 20.0 Å². The van der Waals surface area contributed by atoms with Crippen molar-refractivity contribution in [3.8, 4) is 0 Å². The Bertz CT molecular complexity index is 656. The molecule has 3 N–H and O–H groups in total. The monoisotopic (exact) mass is 287 g/mol. The van der Waals surface area contributed by atoms with Gasteiger partial charge in [0.05, 0.1) is 11.4 Å². The average Bonchev–Trinajstić information content (AvgIpc) is 2.46. The molecule has 0 unspecified atom stereocenters. The second-order valence-electron chi connectivity index (χ2n) is 4.94. The number of halogens is 1. The minimum Gasteiger partial charge on any atom is -0.379 e. The summed E-state index contributed by atoms with van der Waals surface area (Å²) in [6.45, 7) is 0.329. The van der Waals surface area contributed by atoms with E-state index in [0.29, 0.717) is 12.1 Å². The maximum Gasteiger partial charge on any atom is 0.248 e. The number of amides is 1. The van der Waals surface area contributed by atoms with Crippen molar-refractivity contribution in [1.29, 1.82) is 0 Å². The van der Waals surface area contributed by atoms with Crippen molar-refractivity contribution in [3.05, 3.63) is 59.4 Å². The molecule has 4 nitrogen and oxygen atoms in total. The van der Waals surface area contributed by atoms with Crippen LogP contribution in [0.4, 0.5) is 15.8 Å². The molecule has 0 aromatic heterocycles. The van der Waals surface area contributed by atoms with Crippen LogP contribution in [0.2, 0.25) is 0 Å². The molecule has 2 aromatic rings. The Morgan fingerprint density at radius 1 is 1.24 bits per heavy atom. The molecule has 0 spiro atoms. The van der Waals surface area contributed by atoms with E-state index < -0.39 is 11.7 Å². The molecule has 2 aromatic carbocycles. The van der Waals surface area contributed by atoms with E-state index in [9.17, 15) is 9.18 Å². The summed E-state index contributed by atoms with van der Waals surface area (Å²) in [5, 5.41) is 3.20. The lowest BCUT2D eigenvalue weighted by atomic mass is 10.1. The van der Waals surface area contributed by atoms with Crippen molar-refractivity contribution in [3.63, 3.8) is 0 Å². The van der Waals surface area contributed by atoms with Gasteiger partial charge in [0, 0.05) is 31.8 Å². The molecule has 1 amide bonds. The Morgan fingerprint density at radius 2 is 1.95 bits per heavy atom. The number of hydrogen-bond acceptors (Lipinski definition) is 3. The van der Waals surface area contributed by atoms with E-state index in [1.807, 2.05) is 43.3 Å². The molecule has 0 fully saturated rings. The SMILES string of the molecule is CN(C)c1ccccc1NCc1ccc(C(N)=O)cc1F. The van der Waals surface area contributed by atoms with Gasteiger partial charge in [-0.05, 0) is 24.3 Å². The van der Waals surface area contributed by atoms with E-state index >= 15 is 0 Å². The number of carbonyl (C=O) groups is 1. The molecule has 0 saturated heterocycles. The van der Waals surface area contributed by atoms with Gasteiger partial charge in [0.25, 0.3) is 0 Å². The zero-order valence-electron chi connectivity index (χ0n) is 12.1. The zero-order chi connectivity index (χ0) is 15.4. The molecule has 2 rings (SSSR count). The molecular formula is C16H18FN3O. The topological polar surface area (TPSA) is 58.4 Å². The van der Waals surface area contributed by atoms with Gasteiger partial charge >= 0.3 is 0 Å². The van der Waals surface area contributed by atoms with Crippen molar-refractivity contribution in [2.24, 2.45) is 5.73 Å². The number of primary amides is 1. The number of nitrogens with zero attached hydrogens (tertiary/aromatic N) is 1. The Labute approximate surface area is 123 Å². The Balaban J connectivity index is 2.15. The van der Waals surface area contributed by atoms with Crippen LogP contribution in [0.15, 0.2) is 42.5 Å². The third-order valence-corrected chi connectivity index (χ3v) is 3.19. The molecule has 5 heteroatoms. The number of hydrogen-bond donors (Lipinski definition) is 2. The number of anilines is 2. The largest absolute Gasteiger partial charge is 0.379 e. The predicted octanol–water partition coefficient (Wildman–Crippen LogP) is 2.60. The summed E-state index contributed by atoms with van der Waals surface area (Å²) < 4.78 is 13.9. The van der Waals surface area contributed by atoms with E-state index in [0.717, 1.165) is 17.4 Å². The highest BCUT2D eigenvalue weighted by Crippen LogP contribution is 2.24.